The summed E-state index contributed by atoms with van der Waals surface area (Å²) in [6.45, 7) is 20.1. The van der Waals surface area contributed by atoms with E-state index in [2.05, 4.69) is 24.2 Å². The monoisotopic (exact) mass is 442 g/mol. The number of hydrogen-bond acceptors (Lipinski definition) is 4. The minimum absolute atomic E-state index is 0.0684. The van der Waals surface area contributed by atoms with Crippen molar-refractivity contribution < 1.29 is 9.21 Å². The molecule has 0 bridgehead atoms. The van der Waals surface area contributed by atoms with Crippen LogP contribution in [0.5, 0.6) is 0 Å². The third kappa shape index (κ3) is 8.62. The Kier molecular flexibility index (Phi) is 15.8. The molecule has 0 saturated heterocycles. The van der Waals surface area contributed by atoms with Crippen LogP contribution in [-0.4, -0.2) is 23.2 Å². The number of para-hydroxylation sites is 1. The summed E-state index contributed by atoms with van der Waals surface area (Å²) in [5.41, 5.74) is 2.87. The van der Waals surface area contributed by atoms with Crippen LogP contribution in [0.3, 0.4) is 0 Å². The summed E-state index contributed by atoms with van der Waals surface area (Å²) in [5, 5.41) is 1.16. The average molecular weight is 443 g/mol. The maximum Gasteiger partial charge on any atom is 0.257 e. The minimum Gasteiger partial charge on any atom is -0.431 e. The normalized spacial score (nSPS) is 12.8. The second-order valence-corrected chi connectivity index (χ2v) is 6.53. The molecule has 0 saturated carbocycles. The van der Waals surface area contributed by atoms with Gasteiger partial charge in [-0.15, -0.1) is 0 Å². The minimum atomic E-state index is 0.0684. The van der Waals surface area contributed by atoms with Crippen LogP contribution in [0.1, 0.15) is 53.5 Å². The number of carbonyl (C=O) groups excluding carboxylic acids is 1. The number of fused-ring (bicyclic) bond motifs is 1. The molecule has 0 N–H and O–H groups in total. The van der Waals surface area contributed by atoms with Gasteiger partial charge in [0.1, 0.15) is 5.35 Å². The SMILES string of the molecule is C=C/C=c1/nc(SCC(=O)N2CCCc3ccccc32)o/c1=C/C=C.CC.CC.CC. The lowest BCUT2D eigenvalue weighted by molar-refractivity contribution is -0.116. The largest absolute Gasteiger partial charge is 0.431 e. The van der Waals surface area contributed by atoms with Crippen molar-refractivity contribution in [2.24, 2.45) is 0 Å². The van der Waals surface area contributed by atoms with Gasteiger partial charge in [0.05, 0.1) is 5.75 Å². The topological polar surface area (TPSA) is 46.3 Å². The highest BCUT2D eigenvalue weighted by Crippen LogP contribution is 2.27. The number of allylic oxidation sites excluding steroid dienone is 2. The number of thioether (sulfide) groups is 1. The molecule has 0 aliphatic carbocycles. The molecular weight excluding hydrogens is 404 g/mol. The first-order chi connectivity index (χ1) is 15.2. The smallest absolute Gasteiger partial charge is 0.257 e. The molecule has 0 unspecified atom stereocenters. The molecule has 1 aliphatic heterocycles. The Hall–Kier alpha value is -2.53. The van der Waals surface area contributed by atoms with E-state index < -0.39 is 0 Å². The number of carbonyl (C=O) groups is 1. The zero-order valence-corrected chi connectivity index (χ0v) is 20.8. The third-order valence-electron chi connectivity index (χ3n) is 3.94. The summed E-state index contributed by atoms with van der Waals surface area (Å²) in [6.07, 6.45) is 8.83. The molecule has 31 heavy (non-hydrogen) atoms. The number of rotatable bonds is 5. The van der Waals surface area contributed by atoms with E-state index in [0.29, 0.717) is 16.0 Å². The molecule has 1 aliphatic rings. The van der Waals surface area contributed by atoms with Gasteiger partial charge in [0.25, 0.3) is 5.22 Å². The average Bonchev–Trinajstić information content (AvgIpc) is 3.23. The van der Waals surface area contributed by atoms with E-state index in [-0.39, 0.29) is 11.7 Å². The van der Waals surface area contributed by atoms with Gasteiger partial charge in [0.15, 0.2) is 5.42 Å². The first-order valence-electron chi connectivity index (χ1n) is 11.2. The first-order valence-corrected chi connectivity index (χ1v) is 12.1. The molecule has 0 atom stereocenters. The lowest BCUT2D eigenvalue weighted by Gasteiger charge is -2.29. The van der Waals surface area contributed by atoms with Crippen LogP contribution < -0.4 is 15.7 Å². The second-order valence-electron chi connectivity index (χ2n) is 5.60. The predicted molar refractivity (Wildman–Crippen MR) is 137 cm³/mol. The maximum absolute atomic E-state index is 12.7. The molecule has 2 aromatic rings. The Morgan fingerprint density at radius 3 is 2.39 bits per heavy atom. The molecule has 170 valence electrons. The van der Waals surface area contributed by atoms with Gasteiger partial charge >= 0.3 is 0 Å². The Morgan fingerprint density at radius 1 is 1.10 bits per heavy atom. The number of benzene rings is 1. The molecule has 4 nitrogen and oxygen atoms in total. The quantitative estimate of drug-likeness (QED) is 0.553. The Labute approximate surface area is 192 Å². The summed E-state index contributed by atoms with van der Waals surface area (Å²) in [7, 11) is 0. The fraction of sp³-hybridized carbons (Fsp3) is 0.385. The Balaban J connectivity index is 0.00000138. The molecule has 2 heterocycles. The first kappa shape index (κ1) is 28.5. The molecule has 3 rings (SSSR count). The molecule has 0 spiro atoms. The van der Waals surface area contributed by atoms with E-state index in [4.69, 9.17) is 4.42 Å². The molecule has 1 aromatic carbocycles. The zero-order chi connectivity index (χ0) is 23.6. The van der Waals surface area contributed by atoms with Gasteiger partial charge in [-0.3, -0.25) is 4.79 Å². The van der Waals surface area contributed by atoms with Crippen molar-refractivity contribution in [1.82, 2.24) is 4.98 Å². The van der Waals surface area contributed by atoms with E-state index in [1.807, 2.05) is 64.6 Å². The van der Waals surface area contributed by atoms with Crippen molar-refractivity contribution in [1.29, 1.82) is 0 Å². The lowest BCUT2D eigenvalue weighted by Crippen LogP contribution is -2.36. The summed E-state index contributed by atoms with van der Waals surface area (Å²) < 4.78 is 5.69. The van der Waals surface area contributed by atoms with E-state index in [1.54, 1.807) is 24.3 Å². The van der Waals surface area contributed by atoms with E-state index in [1.165, 1.54) is 17.3 Å². The van der Waals surface area contributed by atoms with Crippen molar-refractivity contribution >= 4 is 35.5 Å². The van der Waals surface area contributed by atoms with Crippen LogP contribution in [0.25, 0.3) is 12.2 Å². The summed E-state index contributed by atoms with van der Waals surface area (Å²) in [5.74, 6) is 0.356. The van der Waals surface area contributed by atoms with Crippen LogP contribution in [-0.2, 0) is 11.2 Å². The van der Waals surface area contributed by atoms with Crippen LogP contribution in [0.2, 0.25) is 0 Å². The highest BCUT2D eigenvalue weighted by Gasteiger charge is 2.22. The fourth-order valence-corrected chi connectivity index (χ4v) is 3.55. The number of oxazole rings is 1. The van der Waals surface area contributed by atoms with Crippen molar-refractivity contribution in [3.05, 3.63) is 65.9 Å². The van der Waals surface area contributed by atoms with Crippen molar-refractivity contribution in [3.63, 3.8) is 0 Å². The summed E-state index contributed by atoms with van der Waals surface area (Å²) >= 11 is 1.31. The van der Waals surface area contributed by atoms with E-state index in [9.17, 15) is 4.79 Å². The standard InChI is InChI=1S/C20H20N2O2S.3C2H6/c1-3-8-16-18(9-4-2)24-20(21-16)25-14-19(23)22-13-7-11-15-10-5-6-12-17(15)22;3*1-2/h3-6,8-10,12H,1-2,7,11,13-14H2;3*1-2H3/b16-8+,18-9+;;;. The molecular formula is C26H38N2O2S. The van der Waals surface area contributed by atoms with Gasteiger partial charge in [-0.1, -0.05) is 96.8 Å². The predicted octanol–water partition coefficient (Wildman–Crippen LogP) is 5.76. The Bertz CT molecular complexity index is 878. The summed E-state index contributed by atoms with van der Waals surface area (Å²) in [4.78, 5) is 18.9. The van der Waals surface area contributed by atoms with Crippen molar-refractivity contribution in [3.8, 4) is 0 Å². The van der Waals surface area contributed by atoms with Crippen LogP contribution >= 0.6 is 11.8 Å². The number of amides is 1. The van der Waals surface area contributed by atoms with Crippen molar-refractivity contribution in [2.75, 3.05) is 17.2 Å². The lowest BCUT2D eigenvalue weighted by atomic mass is 10.0. The Morgan fingerprint density at radius 2 is 1.74 bits per heavy atom. The van der Waals surface area contributed by atoms with Gasteiger partial charge in [-0.25, -0.2) is 4.98 Å². The third-order valence-corrected chi connectivity index (χ3v) is 4.75. The van der Waals surface area contributed by atoms with Crippen LogP contribution in [0, 0.1) is 0 Å². The maximum atomic E-state index is 12.7. The van der Waals surface area contributed by atoms with Crippen LogP contribution in [0.15, 0.2) is 59.2 Å². The highest BCUT2D eigenvalue weighted by molar-refractivity contribution is 7.99. The molecule has 0 radical (unpaired) electrons. The van der Waals surface area contributed by atoms with Gasteiger partial charge in [-0.2, -0.15) is 0 Å². The number of aryl methyl sites for hydroxylation is 1. The molecule has 1 aromatic heterocycles. The number of aromatic nitrogens is 1. The zero-order valence-electron chi connectivity index (χ0n) is 20.0. The van der Waals surface area contributed by atoms with Gasteiger partial charge < -0.3 is 9.32 Å². The second kappa shape index (κ2) is 17.2. The summed E-state index contributed by atoms with van der Waals surface area (Å²) in [6, 6.07) is 8.09. The fourth-order valence-electron chi connectivity index (χ4n) is 2.84. The highest BCUT2D eigenvalue weighted by atomic mass is 32.2. The number of anilines is 1. The number of nitrogens with zero attached hydrogens (tertiary/aromatic N) is 2. The van der Waals surface area contributed by atoms with Gasteiger partial charge in [-0.05, 0) is 36.6 Å². The van der Waals surface area contributed by atoms with Gasteiger partial charge in [0, 0.05) is 12.2 Å². The van der Waals surface area contributed by atoms with E-state index in [0.717, 1.165) is 25.1 Å². The molecule has 1 amide bonds. The van der Waals surface area contributed by atoms with Crippen LogP contribution in [0.4, 0.5) is 5.69 Å². The number of hydrogen-bond donors (Lipinski definition) is 0. The van der Waals surface area contributed by atoms with Gasteiger partial charge in [0.2, 0.25) is 5.91 Å². The van der Waals surface area contributed by atoms with E-state index >= 15 is 0 Å². The molecule has 0 fully saturated rings. The molecule has 5 heteroatoms. The van der Waals surface area contributed by atoms with Crippen molar-refractivity contribution in [2.45, 2.75) is 59.6 Å².